The Bertz CT molecular complexity index is 359. The third-order valence-electron chi connectivity index (χ3n) is 3.39. The van der Waals surface area contributed by atoms with Crippen molar-refractivity contribution in [2.24, 2.45) is 0 Å². The van der Waals surface area contributed by atoms with E-state index < -0.39 is 0 Å². The topological polar surface area (TPSA) is 3.24 Å². The molecule has 1 nitrogen and oxygen atoms in total. The largest absolute Gasteiger partial charge is 0.370 e. The molecule has 1 aliphatic heterocycles. The number of hydrogen-bond acceptors (Lipinski definition) is 1. The van der Waals surface area contributed by atoms with Crippen molar-refractivity contribution in [3.63, 3.8) is 0 Å². The molecule has 0 N–H and O–H groups in total. The molecule has 0 atom stereocenters. The summed E-state index contributed by atoms with van der Waals surface area (Å²) in [7, 11) is 0. The number of rotatable bonds is 2. The summed E-state index contributed by atoms with van der Waals surface area (Å²) in [6.45, 7) is 2.29. The van der Waals surface area contributed by atoms with Crippen LogP contribution in [0.25, 0.3) is 0 Å². The number of anilines is 1. The molecule has 0 aliphatic carbocycles. The van der Waals surface area contributed by atoms with Gasteiger partial charge in [-0.1, -0.05) is 58.9 Å². The van der Waals surface area contributed by atoms with Crippen LogP contribution in [0.15, 0.2) is 18.2 Å². The van der Waals surface area contributed by atoms with Gasteiger partial charge in [0.1, 0.15) is 0 Å². The standard InChI is InChI=1S/C14H19BrClN/c15-11-12-7-6-8-13(16)14(12)17-9-4-2-1-3-5-10-17/h6-8H,1-5,9-11H2. The molecule has 0 saturated carbocycles. The Balaban J connectivity index is 2.23. The fourth-order valence-corrected chi connectivity index (χ4v) is 3.26. The third-order valence-corrected chi connectivity index (χ3v) is 4.30. The summed E-state index contributed by atoms with van der Waals surface area (Å²) >= 11 is 9.93. The number of para-hydroxylation sites is 1. The van der Waals surface area contributed by atoms with Gasteiger partial charge in [0.05, 0.1) is 10.7 Å². The maximum atomic E-state index is 6.37. The molecule has 17 heavy (non-hydrogen) atoms. The smallest absolute Gasteiger partial charge is 0.0642 e. The first-order valence-electron chi connectivity index (χ1n) is 6.41. The summed E-state index contributed by atoms with van der Waals surface area (Å²) in [6, 6.07) is 6.20. The molecule has 1 aliphatic rings. The Kier molecular flexibility index (Phi) is 5.17. The monoisotopic (exact) mass is 315 g/mol. The van der Waals surface area contributed by atoms with E-state index in [4.69, 9.17) is 11.6 Å². The zero-order valence-corrected chi connectivity index (χ0v) is 12.4. The van der Waals surface area contributed by atoms with E-state index in [-0.39, 0.29) is 0 Å². The number of halogens is 2. The molecule has 0 bridgehead atoms. The normalized spacial score (nSPS) is 17.6. The van der Waals surface area contributed by atoms with Crippen molar-refractivity contribution >= 4 is 33.2 Å². The predicted molar refractivity (Wildman–Crippen MR) is 79.4 cm³/mol. The maximum absolute atomic E-state index is 6.37. The van der Waals surface area contributed by atoms with Crippen molar-refractivity contribution in [3.05, 3.63) is 28.8 Å². The second kappa shape index (κ2) is 6.65. The lowest BCUT2D eigenvalue weighted by molar-refractivity contribution is 0.556. The Hall–Kier alpha value is -0.210. The predicted octanol–water partition coefficient (Wildman–Crippen LogP) is 5.01. The van der Waals surface area contributed by atoms with Gasteiger partial charge in [-0.3, -0.25) is 0 Å². The first kappa shape index (κ1) is 13.2. The molecule has 0 spiro atoms. The minimum absolute atomic E-state index is 0.874. The Morgan fingerprint density at radius 1 is 1.06 bits per heavy atom. The fourth-order valence-electron chi connectivity index (χ4n) is 2.49. The molecular formula is C14H19BrClN. The van der Waals surface area contributed by atoms with E-state index in [2.05, 4.69) is 26.9 Å². The van der Waals surface area contributed by atoms with E-state index in [9.17, 15) is 0 Å². The van der Waals surface area contributed by atoms with Gasteiger partial charge in [-0.15, -0.1) is 0 Å². The second-order valence-electron chi connectivity index (χ2n) is 4.64. The highest BCUT2D eigenvalue weighted by Gasteiger charge is 2.15. The minimum atomic E-state index is 0.874. The van der Waals surface area contributed by atoms with Gasteiger partial charge in [-0.2, -0.15) is 0 Å². The zero-order valence-electron chi connectivity index (χ0n) is 10.1. The summed E-state index contributed by atoms with van der Waals surface area (Å²) in [5.41, 5.74) is 2.55. The third kappa shape index (κ3) is 3.38. The van der Waals surface area contributed by atoms with Crippen molar-refractivity contribution in [2.45, 2.75) is 37.4 Å². The summed E-state index contributed by atoms with van der Waals surface area (Å²) in [6.07, 6.45) is 6.66. The van der Waals surface area contributed by atoms with Gasteiger partial charge in [0.25, 0.3) is 0 Å². The molecule has 2 rings (SSSR count). The Labute approximate surface area is 117 Å². The quantitative estimate of drug-likeness (QED) is 0.694. The number of benzene rings is 1. The van der Waals surface area contributed by atoms with Gasteiger partial charge in [-0.25, -0.2) is 0 Å². The van der Waals surface area contributed by atoms with Crippen LogP contribution in [-0.2, 0) is 5.33 Å². The number of hydrogen-bond donors (Lipinski definition) is 0. The van der Waals surface area contributed by atoms with Gasteiger partial charge in [0.2, 0.25) is 0 Å². The molecule has 0 aromatic heterocycles. The SMILES string of the molecule is Clc1cccc(CBr)c1N1CCCCCCC1. The second-order valence-corrected chi connectivity index (χ2v) is 5.60. The average molecular weight is 317 g/mol. The van der Waals surface area contributed by atoms with Crippen LogP contribution in [0, 0.1) is 0 Å². The van der Waals surface area contributed by atoms with Crippen molar-refractivity contribution in [3.8, 4) is 0 Å². The summed E-state index contributed by atoms with van der Waals surface area (Å²) in [4.78, 5) is 2.47. The first-order valence-corrected chi connectivity index (χ1v) is 7.91. The van der Waals surface area contributed by atoms with E-state index >= 15 is 0 Å². The number of nitrogens with zero attached hydrogens (tertiary/aromatic N) is 1. The van der Waals surface area contributed by atoms with Crippen LogP contribution in [0.1, 0.15) is 37.7 Å². The highest BCUT2D eigenvalue weighted by Crippen LogP contribution is 2.32. The first-order chi connectivity index (χ1) is 8.33. The van der Waals surface area contributed by atoms with Crippen molar-refractivity contribution in [2.75, 3.05) is 18.0 Å². The van der Waals surface area contributed by atoms with E-state index in [1.165, 1.54) is 43.4 Å². The molecule has 1 fully saturated rings. The van der Waals surface area contributed by atoms with Crippen LogP contribution in [0.5, 0.6) is 0 Å². The molecule has 0 radical (unpaired) electrons. The lowest BCUT2D eigenvalue weighted by Crippen LogP contribution is -2.28. The van der Waals surface area contributed by atoms with E-state index in [0.29, 0.717) is 0 Å². The molecule has 1 aromatic rings. The highest BCUT2D eigenvalue weighted by atomic mass is 79.9. The van der Waals surface area contributed by atoms with Crippen LogP contribution in [-0.4, -0.2) is 13.1 Å². The molecule has 1 aromatic carbocycles. The molecular weight excluding hydrogens is 298 g/mol. The maximum Gasteiger partial charge on any atom is 0.0642 e. The van der Waals surface area contributed by atoms with E-state index in [1.807, 2.05) is 12.1 Å². The molecule has 0 unspecified atom stereocenters. The van der Waals surface area contributed by atoms with Gasteiger partial charge in [0, 0.05) is 18.4 Å². The molecule has 0 amide bonds. The van der Waals surface area contributed by atoms with Crippen LogP contribution in [0.2, 0.25) is 5.02 Å². The molecule has 1 heterocycles. The highest BCUT2D eigenvalue weighted by molar-refractivity contribution is 9.08. The van der Waals surface area contributed by atoms with Crippen molar-refractivity contribution in [1.82, 2.24) is 0 Å². The summed E-state index contributed by atoms with van der Waals surface area (Å²) in [5.74, 6) is 0. The summed E-state index contributed by atoms with van der Waals surface area (Å²) < 4.78 is 0. The van der Waals surface area contributed by atoms with Gasteiger partial charge in [0.15, 0.2) is 0 Å². The molecule has 3 heteroatoms. The fraction of sp³-hybridized carbons (Fsp3) is 0.571. The average Bonchev–Trinajstić information content (AvgIpc) is 2.29. The van der Waals surface area contributed by atoms with Gasteiger partial charge in [-0.05, 0) is 24.5 Å². The lowest BCUT2D eigenvalue weighted by atomic mass is 10.1. The van der Waals surface area contributed by atoms with Gasteiger partial charge >= 0.3 is 0 Å². The molecule has 94 valence electrons. The summed E-state index contributed by atoms with van der Waals surface area (Å²) in [5, 5.41) is 1.77. The van der Waals surface area contributed by atoms with Crippen molar-refractivity contribution < 1.29 is 0 Å². The Morgan fingerprint density at radius 3 is 2.35 bits per heavy atom. The lowest BCUT2D eigenvalue weighted by Gasteiger charge is -2.29. The van der Waals surface area contributed by atoms with Crippen LogP contribution < -0.4 is 4.90 Å². The number of alkyl halides is 1. The minimum Gasteiger partial charge on any atom is -0.370 e. The Morgan fingerprint density at radius 2 is 1.71 bits per heavy atom. The van der Waals surface area contributed by atoms with Crippen molar-refractivity contribution in [1.29, 1.82) is 0 Å². The van der Waals surface area contributed by atoms with E-state index in [0.717, 1.165) is 23.4 Å². The van der Waals surface area contributed by atoms with E-state index in [1.54, 1.807) is 0 Å². The zero-order chi connectivity index (χ0) is 12.1. The van der Waals surface area contributed by atoms with Gasteiger partial charge < -0.3 is 4.90 Å². The van der Waals surface area contributed by atoms with Crippen LogP contribution in [0.4, 0.5) is 5.69 Å². The van der Waals surface area contributed by atoms with Crippen LogP contribution in [0.3, 0.4) is 0 Å². The molecule has 1 saturated heterocycles. The van der Waals surface area contributed by atoms with Crippen LogP contribution >= 0.6 is 27.5 Å².